The van der Waals surface area contributed by atoms with Crippen LogP contribution >= 0.6 is 11.3 Å². The highest BCUT2D eigenvalue weighted by molar-refractivity contribution is 7.08. The molecule has 8 heterocycles. The molecule has 0 saturated carbocycles. The predicted octanol–water partition coefficient (Wildman–Crippen LogP) is 10.7. The molecular formula is C45H44N8O2S. The maximum absolute atomic E-state index is 6.03. The molecule has 1 atom stereocenters. The van der Waals surface area contributed by atoms with E-state index >= 15 is 0 Å². The van der Waals surface area contributed by atoms with Gasteiger partial charge in [-0.1, -0.05) is 0 Å². The van der Waals surface area contributed by atoms with Crippen LogP contribution in [-0.2, 0) is 0 Å². The van der Waals surface area contributed by atoms with Gasteiger partial charge >= 0.3 is 0 Å². The van der Waals surface area contributed by atoms with Crippen molar-refractivity contribution >= 4 is 74.8 Å². The van der Waals surface area contributed by atoms with Gasteiger partial charge in [0.2, 0.25) is 0 Å². The van der Waals surface area contributed by atoms with Crippen LogP contribution in [0.15, 0.2) is 124 Å². The molecule has 0 aliphatic carbocycles. The third kappa shape index (κ3) is 6.81. The minimum atomic E-state index is -0.279. The third-order valence-corrected chi connectivity index (χ3v) is 11.8. The summed E-state index contributed by atoms with van der Waals surface area (Å²) < 4.78 is 12.1. The van der Waals surface area contributed by atoms with Gasteiger partial charge in [0.05, 0.1) is 22.8 Å². The fourth-order valence-corrected chi connectivity index (χ4v) is 8.91. The van der Waals surface area contributed by atoms with Crippen LogP contribution in [-0.4, -0.2) is 49.4 Å². The maximum atomic E-state index is 6.03. The molecule has 5 aromatic rings. The number of dihydropyridines is 1. The van der Waals surface area contributed by atoms with Gasteiger partial charge in [-0.25, -0.2) is 20.0 Å². The quantitative estimate of drug-likeness (QED) is 0.155. The molecule has 282 valence electrons. The highest BCUT2D eigenvalue weighted by Gasteiger charge is 2.37. The highest BCUT2D eigenvalue weighted by atomic mass is 32.1. The Morgan fingerprint density at radius 2 is 1.23 bits per heavy atom. The molecule has 11 heteroatoms. The van der Waals surface area contributed by atoms with E-state index in [0.717, 1.165) is 82.7 Å². The van der Waals surface area contributed by atoms with E-state index < -0.39 is 0 Å². The van der Waals surface area contributed by atoms with E-state index in [0.29, 0.717) is 29.3 Å². The molecule has 0 spiro atoms. The van der Waals surface area contributed by atoms with Gasteiger partial charge in [-0.3, -0.25) is 0 Å². The van der Waals surface area contributed by atoms with E-state index in [1.807, 2.05) is 38.1 Å². The van der Waals surface area contributed by atoms with Crippen molar-refractivity contribution in [2.45, 2.75) is 52.4 Å². The molecule has 3 aromatic heterocycles. The number of benzene rings is 2. The number of allylic oxidation sites excluding steroid dienone is 2. The number of rotatable bonds is 9. The largest absolute Gasteiger partial charge is 0.446 e. The second-order valence-electron chi connectivity index (χ2n) is 15.1. The molecule has 1 unspecified atom stereocenters. The first-order chi connectivity index (χ1) is 27.5. The smallest absolute Gasteiger partial charge is 0.197 e. The van der Waals surface area contributed by atoms with Crippen LogP contribution in [0.3, 0.4) is 0 Å². The Kier molecular flexibility index (Phi) is 9.01. The number of hydrogen-bond donors (Lipinski definition) is 2. The van der Waals surface area contributed by atoms with Crippen molar-refractivity contribution in [2.75, 3.05) is 46.6 Å². The van der Waals surface area contributed by atoms with Gasteiger partial charge < -0.3 is 29.3 Å². The van der Waals surface area contributed by atoms with Crippen LogP contribution in [0.4, 0.5) is 34.5 Å². The monoisotopic (exact) mass is 760 g/mol. The van der Waals surface area contributed by atoms with Crippen LogP contribution in [0.5, 0.6) is 0 Å². The van der Waals surface area contributed by atoms with Crippen molar-refractivity contribution in [1.29, 1.82) is 0 Å². The second kappa shape index (κ2) is 14.6. The van der Waals surface area contributed by atoms with E-state index in [1.165, 1.54) is 49.9 Å². The Hall–Kier alpha value is -5.94. The minimum Gasteiger partial charge on any atom is -0.446 e. The van der Waals surface area contributed by atoms with Gasteiger partial charge in [-0.15, -0.1) is 0 Å². The number of hydrogen-bond acceptors (Lipinski definition) is 11. The molecule has 2 N–H and O–H groups in total. The van der Waals surface area contributed by atoms with Crippen molar-refractivity contribution in [1.82, 2.24) is 0 Å². The highest BCUT2D eigenvalue weighted by Crippen LogP contribution is 2.41. The number of nitrogens with zero attached hydrogens (tertiary/aromatic N) is 6. The molecule has 5 aliphatic heterocycles. The van der Waals surface area contributed by atoms with E-state index in [1.54, 1.807) is 11.3 Å². The number of furan rings is 2. The van der Waals surface area contributed by atoms with Crippen molar-refractivity contribution in [2.24, 2.45) is 25.9 Å². The minimum absolute atomic E-state index is 0.279. The lowest BCUT2D eigenvalue weighted by Gasteiger charge is -2.31. The fraction of sp³-hybridized carbons (Fsp3) is 0.289. The number of piperidine rings is 2. The Morgan fingerprint density at radius 1 is 0.625 bits per heavy atom. The Labute approximate surface area is 330 Å². The summed E-state index contributed by atoms with van der Waals surface area (Å²) in [6.45, 7) is 8.14. The zero-order valence-electron chi connectivity index (χ0n) is 31.7. The predicted molar refractivity (Wildman–Crippen MR) is 230 cm³/mol. The zero-order valence-corrected chi connectivity index (χ0v) is 32.5. The topological polar surface area (TPSA) is 106 Å². The van der Waals surface area contributed by atoms with Crippen LogP contribution in [0.2, 0.25) is 0 Å². The number of aryl methyl sites for hydroxylation is 2. The first-order valence-corrected chi connectivity index (χ1v) is 20.7. The molecule has 2 fully saturated rings. The van der Waals surface area contributed by atoms with Crippen LogP contribution in [0, 0.1) is 19.8 Å². The number of nitrogens with one attached hydrogen (secondary N) is 2. The average Bonchev–Trinajstić information content (AvgIpc) is 4.01. The molecule has 2 aromatic carbocycles. The fourth-order valence-electron chi connectivity index (χ4n) is 8.28. The summed E-state index contributed by atoms with van der Waals surface area (Å²) in [6, 6.07) is 23.3. The lowest BCUT2D eigenvalue weighted by molar-refractivity contribution is 0.550. The van der Waals surface area contributed by atoms with E-state index in [2.05, 4.69) is 85.8 Å². The van der Waals surface area contributed by atoms with Crippen LogP contribution < -0.4 is 20.4 Å². The summed E-state index contributed by atoms with van der Waals surface area (Å²) in [5, 5.41) is 11.3. The van der Waals surface area contributed by atoms with Crippen LogP contribution in [0.1, 0.15) is 66.7 Å². The van der Waals surface area contributed by atoms with Gasteiger partial charge in [0.25, 0.3) is 0 Å². The molecule has 5 aliphatic rings. The summed E-state index contributed by atoms with van der Waals surface area (Å²) in [6.07, 6.45) is 11.7. The molecule has 0 amide bonds. The number of anilines is 6. The molecule has 0 bridgehead atoms. The maximum Gasteiger partial charge on any atom is 0.197 e. The van der Waals surface area contributed by atoms with E-state index in [-0.39, 0.29) is 5.92 Å². The first kappa shape index (κ1) is 34.5. The van der Waals surface area contributed by atoms with Gasteiger partial charge in [0.1, 0.15) is 29.1 Å². The molecule has 0 radical (unpaired) electrons. The standard InChI is InChI=1S/C45H44N8O2S/c1-28-9-15-40(54-28)46-38-25-32(52-18-5-3-6-19-52)11-13-34(38)36-23-31-24-37(49-45-42(31)44(48-36)50-43(51-45)30-17-22-56-27-30)35-14-12-33(53-20-7-4-8-21-53)26-39(35)47-41-16-10-29(2)55-41/h9-17,22-27,42,46-47H,3-8,18-21H2,1-2H3. The lowest BCUT2D eigenvalue weighted by atomic mass is 9.86. The van der Waals surface area contributed by atoms with Gasteiger partial charge in [0, 0.05) is 71.8 Å². The average molecular weight is 761 g/mol. The molecule has 10 nitrogen and oxygen atoms in total. The Bertz CT molecular complexity index is 2380. The van der Waals surface area contributed by atoms with Crippen molar-refractivity contribution in [3.05, 3.63) is 123 Å². The van der Waals surface area contributed by atoms with Crippen molar-refractivity contribution in [3.8, 4) is 0 Å². The third-order valence-electron chi connectivity index (χ3n) is 11.1. The Balaban J connectivity index is 1.10. The van der Waals surface area contributed by atoms with Crippen molar-refractivity contribution < 1.29 is 8.83 Å². The summed E-state index contributed by atoms with van der Waals surface area (Å²) in [4.78, 5) is 25.7. The summed E-state index contributed by atoms with van der Waals surface area (Å²) >= 11 is 1.63. The van der Waals surface area contributed by atoms with Crippen LogP contribution in [0.25, 0.3) is 5.70 Å². The molecule has 10 rings (SSSR count). The molecule has 2 saturated heterocycles. The lowest BCUT2D eigenvalue weighted by Crippen LogP contribution is -2.34. The van der Waals surface area contributed by atoms with Gasteiger partial charge in [-0.2, -0.15) is 11.3 Å². The van der Waals surface area contributed by atoms with Crippen molar-refractivity contribution in [3.63, 3.8) is 0 Å². The molecular weight excluding hydrogens is 717 g/mol. The number of thiophene rings is 1. The molecule has 56 heavy (non-hydrogen) atoms. The summed E-state index contributed by atoms with van der Waals surface area (Å²) in [7, 11) is 0. The van der Waals surface area contributed by atoms with Gasteiger partial charge in [-0.05, 0) is 130 Å². The number of aliphatic imine (C=N–C) groups is 4. The summed E-state index contributed by atoms with van der Waals surface area (Å²) in [5.74, 6) is 4.80. The normalized spacial score (nSPS) is 19.3. The SMILES string of the molecule is Cc1ccc(Nc2cc(N3CCCCC3)ccc2C2=CC3=CC(c4ccc(N5CCCCC5)cc4Nc4ccc(C)o4)=NC4=NC(c5ccsc5)=NC(=N2)C34)o1. The van der Waals surface area contributed by atoms with E-state index in [9.17, 15) is 0 Å². The Morgan fingerprint density at radius 3 is 1.82 bits per heavy atom. The summed E-state index contributed by atoms with van der Waals surface area (Å²) in [5.41, 5.74) is 9.82. The second-order valence-corrected chi connectivity index (χ2v) is 15.9. The first-order valence-electron chi connectivity index (χ1n) is 19.8. The number of amidine groups is 3. The zero-order chi connectivity index (χ0) is 37.6. The van der Waals surface area contributed by atoms with Gasteiger partial charge in [0.15, 0.2) is 17.6 Å². The van der Waals surface area contributed by atoms with E-state index in [4.69, 9.17) is 28.8 Å².